The third-order valence-corrected chi connectivity index (χ3v) is 4.77. The van der Waals surface area contributed by atoms with Gasteiger partial charge in [0.2, 0.25) is 5.78 Å². The largest absolute Gasteiger partial charge is 0.497 e. The number of hydrogen-bond donors (Lipinski definition) is 1. The summed E-state index contributed by atoms with van der Waals surface area (Å²) in [6.45, 7) is 0.273. The van der Waals surface area contributed by atoms with E-state index in [4.69, 9.17) is 21.1 Å². The van der Waals surface area contributed by atoms with Crippen molar-refractivity contribution < 1.29 is 14.3 Å². The van der Waals surface area contributed by atoms with Gasteiger partial charge < -0.3 is 14.5 Å². The van der Waals surface area contributed by atoms with Crippen LogP contribution >= 0.6 is 11.6 Å². The van der Waals surface area contributed by atoms with Gasteiger partial charge in [-0.05, 0) is 54.1 Å². The number of hydrogen-bond acceptors (Lipinski definition) is 4. The zero-order valence-corrected chi connectivity index (χ0v) is 15.7. The van der Waals surface area contributed by atoms with Crippen molar-refractivity contribution in [3.05, 3.63) is 76.0 Å². The van der Waals surface area contributed by atoms with Crippen LogP contribution in [0, 0.1) is 11.3 Å². The first kappa shape index (κ1) is 17.9. The molecule has 2 aromatic carbocycles. The van der Waals surface area contributed by atoms with Gasteiger partial charge in [-0.1, -0.05) is 11.6 Å². The number of ketones is 1. The Labute approximate surface area is 166 Å². The number of fused-ring (bicyclic) bond motifs is 2. The molecule has 0 spiro atoms. The van der Waals surface area contributed by atoms with Crippen molar-refractivity contribution >= 4 is 34.4 Å². The highest BCUT2D eigenvalue weighted by molar-refractivity contribution is 6.30. The Balaban J connectivity index is 1.72. The normalized spacial score (nSPS) is 13.3. The molecule has 0 radical (unpaired) electrons. The van der Waals surface area contributed by atoms with Gasteiger partial charge >= 0.3 is 0 Å². The zero-order chi connectivity index (χ0) is 19.7. The average Bonchev–Trinajstić information content (AvgIpc) is 3.14. The molecule has 1 aliphatic heterocycles. The fourth-order valence-corrected chi connectivity index (χ4v) is 3.32. The van der Waals surface area contributed by atoms with E-state index in [-0.39, 0.29) is 18.0 Å². The number of aromatic amines is 1. The minimum absolute atomic E-state index is 0.0315. The summed E-state index contributed by atoms with van der Waals surface area (Å²) in [6.07, 6.45) is 5.04. The summed E-state index contributed by atoms with van der Waals surface area (Å²) in [4.78, 5) is 16.0. The van der Waals surface area contributed by atoms with E-state index in [0.717, 1.165) is 22.4 Å². The van der Waals surface area contributed by atoms with Crippen molar-refractivity contribution in [1.29, 1.82) is 5.26 Å². The van der Waals surface area contributed by atoms with E-state index in [1.54, 1.807) is 49.7 Å². The standard InChI is InChI=1S/C22H15ClN2O3/c1-27-17-3-4-20-18(9-17)19(11-25-20)22(26)15(10-24)7-13-6-14-8-16(23)2-5-21(14)28-12-13/h2-9,11,25H,12H2,1H3/b15-7-. The molecule has 3 aromatic rings. The number of nitrogens with one attached hydrogen (secondary N) is 1. The second-order valence-electron chi connectivity index (χ2n) is 6.30. The molecule has 28 heavy (non-hydrogen) atoms. The Morgan fingerprint density at radius 3 is 2.96 bits per heavy atom. The molecule has 0 bridgehead atoms. The van der Waals surface area contributed by atoms with Gasteiger partial charge in [0.25, 0.3) is 0 Å². The van der Waals surface area contributed by atoms with Crippen LogP contribution < -0.4 is 9.47 Å². The van der Waals surface area contributed by atoms with Crippen LogP contribution in [0.15, 0.2) is 59.8 Å². The molecule has 138 valence electrons. The lowest BCUT2D eigenvalue weighted by atomic mass is 9.99. The fourth-order valence-electron chi connectivity index (χ4n) is 3.14. The lowest BCUT2D eigenvalue weighted by Crippen LogP contribution is -2.08. The molecule has 4 rings (SSSR count). The molecule has 0 aliphatic carbocycles. The monoisotopic (exact) mass is 390 g/mol. The van der Waals surface area contributed by atoms with Crippen LogP contribution in [0.3, 0.4) is 0 Å². The average molecular weight is 391 g/mol. The van der Waals surface area contributed by atoms with Crippen molar-refractivity contribution in [2.75, 3.05) is 13.7 Å². The number of carbonyl (C=O) groups excluding carboxylic acids is 1. The van der Waals surface area contributed by atoms with Crippen LogP contribution in [0.5, 0.6) is 11.5 Å². The van der Waals surface area contributed by atoms with Gasteiger partial charge in [-0.25, -0.2) is 0 Å². The smallest absolute Gasteiger partial charge is 0.205 e. The highest BCUT2D eigenvalue weighted by atomic mass is 35.5. The Hall–Kier alpha value is -3.49. The highest BCUT2D eigenvalue weighted by Gasteiger charge is 2.19. The molecule has 1 N–H and O–H groups in total. The number of halogens is 1. The maximum atomic E-state index is 13.0. The second kappa shape index (κ2) is 7.26. The highest BCUT2D eigenvalue weighted by Crippen LogP contribution is 2.30. The number of rotatable bonds is 4. The van der Waals surface area contributed by atoms with Crippen LogP contribution in [-0.4, -0.2) is 24.5 Å². The van der Waals surface area contributed by atoms with Gasteiger partial charge in [0, 0.05) is 33.2 Å². The Bertz CT molecular complexity index is 1200. The summed E-state index contributed by atoms with van der Waals surface area (Å²) >= 11 is 6.04. The number of allylic oxidation sites excluding steroid dienone is 1. The second-order valence-corrected chi connectivity index (χ2v) is 6.74. The van der Waals surface area contributed by atoms with Gasteiger partial charge in [-0.3, -0.25) is 4.79 Å². The van der Waals surface area contributed by atoms with Crippen LogP contribution in [0.4, 0.5) is 0 Å². The van der Waals surface area contributed by atoms with E-state index in [1.807, 2.05) is 18.2 Å². The third kappa shape index (κ3) is 3.26. The first-order chi connectivity index (χ1) is 13.6. The van der Waals surface area contributed by atoms with Crippen LogP contribution in [0.1, 0.15) is 15.9 Å². The number of Topliss-reactive ketones (excluding diaryl/α,β-unsaturated/α-hetero) is 1. The van der Waals surface area contributed by atoms with E-state index in [9.17, 15) is 10.1 Å². The number of benzene rings is 2. The number of nitriles is 1. The summed E-state index contributed by atoms with van der Waals surface area (Å²) in [5, 5.41) is 10.9. The minimum Gasteiger partial charge on any atom is -0.497 e. The van der Waals surface area contributed by atoms with Crippen LogP contribution in [0.25, 0.3) is 17.0 Å². The third-order valence-electron chi connectivity index (χ3n) is 4.54. The summed E-state index contributed by atoms with van der Waals surface area (Å²) in [5.74, 6) is 0.996. The summed E-state index contributed by atoms with van der Waals surface area (Å²) in [6, 6.07) is 12.8. The first-order valence-corrected chi connectivity index (χ1v) is 8.91. The number of H-pyrrole nitrogens is 1. The molecular weight excluding hydrogens is 376 g/mol. The molecule has 1 aromatic heterocycles. The maximum Gasteiger partial charge on any atom is 0.205 e. The Morgan fingerprint density at radius 1 is 1.32 bits per heavy atom. The SMILES string of the molecule is COc1ccc2[nH]cc(C(=O)/C(C#N)=C\C3=Cc4cc(Cl)ccc4OC3)c2c1. The van der Waals surface area contributed by atoms with Crippen molar-refractivity contribution in [3.8, 4) is 17.6 Å². The quantitative estimate of drug-likeness (QED) is 0.389. The molecule has 0 unspecified atom stereocenters. The molecule has 0 fully saturated rings. The van der Waals surface area contributed by atoms with Crippen molar-refractivity contribution in [3.63, 3.8) is 0 Å². The lowest BCUT2D eigenvalue weighted by Gasteiger charge is -2.16. The molecule has 1 aliphatic rings. The summed E-state index contributed by atoms with van der Waals surface area (Å²) in [5.41, 5.74) is 2.78. The number of methoxy groups -OCH3 is 1. The molecular formula is C22H15ClN2O3. The Morgan fingerprint density at radius 2 is 2.18 bits per heavy atom. The van der Waals surface area contributed by atoms with Crippen molar-refractivity contribution in [1.82, 2.24) is 4.98 Å². The molecule has 0 atom stereocenters. The zero-order valence-electron chi connectivity index (χ0n) is 15.0. The summed E-state index contributed by atoms with van der Waals surface area (Å²) in [7, 11) is 1.57. The van der Waals surface area contributed by atoms with Crippen molar-refractivity contribution in [2.45, 2.75) is 0 Å². The van der Waals surface area contributed by atoms with E-state index in [0.29, 0.717) is 21.7 Å². The van der Waals surface area contributed by atoms with Gasteiger partial charge in [0.1, 0.15) is 29.7 Å². The predicted molar refractivity (Wildman–Crippen MR) is 108 cm³/mol. The van der Waals surface area contributed by atoms with Crippen LogP contribution in [-0.2, 0) is 0 Å². The van der Waals surface area contributed by atoms with Crippen molar-refractivity contribution in [2.24, 2.45) is 0 Å². The van der Waals surface area contributed by atoms with Gasteiger partial charge in [-0.15, -0.1) is 0 Å². The summed E-state index contributed by atoms with van der Waals surface area (Å²) < 4.78 is 10.9. The van der Waals surface area contributed by atoms with E-state index < -0.39 is 0 Å². The first-order valence-electron chi connectivity index (χ1n) is 8.53. The predicted octanol–water partition coefficient (Wildman–Crippen LogP) is 4.94. The topological polar surface area (TPSA) is 75.1 Å². The number of nitrogens with zero attached hydrogens (tertiary/aromatic N) is 1. The van der Waals surface area contributed by atoms with E-state index in [2.05, 4.69) is 4.98 Å². The maximum absolute atomic E-state index is 13.0. The lowest BCUT2D eigenvalue weighted by molar-refractivity contribution is 0.104. The number of carbonyl (C=O) groups is 1. The molecule has 5 nitrogen and oxygen atoms in total. The molecule has 0 saturated heterocycles. The fraction of sp³-hybridized carbons (Fsp3) is 0.0909. The van der Waals surface area contributed by atoms with E-state index >= 15 is 0 Å². The molecule has 0 saturated carbocycles. The minimum atomic E-state index is -0.361. The van der Waals surface area contributed by atoms with Gasteiger partial charge in [0.15, 0.2) is 0 Å². The Kier molecular flexibility index (Phi) is 4.64. The van der Waals surface area contributed by atoms with Crippen LogP contribution in [0.2, 0.25) is 5.02 Å². The van der Waals surface area contributed by atoms with Gasteiger partial charge in [0.05, 0.1) is 7.11 Å². The number of ether oxygens (including phenoxy) is 2. The molecule has 6 heteroatoms. The van der Waals surface area contributed by atoms with Gasteiger partial charge in [-0.2, -0.15) is 5.26 Å². The molecule has 0 amide bonds. The van der Waals surface area contributed by atoms with E-state index in [1.165, 1.54) is 0 Å². The molecule has 2 heterocycles. The number of aromatic nitrogens is 1.